The van der Waals surface area contributed by atoms with Gasteiger partial charge in [-0.3, -0.25) is 5.32 Å². The van der Waals surface area contributed by atoms with Gasteiger partial charge in [0.1, 0.15) is 12.0 Å². The van der Waals surface area contributed by atoms with Gasteiger partial charge in [0.25, 0.3) is 0 Å². The lowest BCUT2D eigenvalue weighted by molar-refractivity contribution is -0.138. The number of benzene rings is 1. The van der Waals surface area contributed by atoms with Crippen LogP contribution in [0.1, 0.15) is 62.1 Å². The quantitative estimate of drug-likeness (QED) is 0.305. The van der Waals surface area contributed by atoms with Crippen molar-refractivity contribution in [1.82, 2.24) is 15.6 Å². The van der Waals surface area contributed by atoms with Crippen molar-refractivity contribution >= 4 is 11.5 Å². The van der Waals surface area contributed by atoms with Gasteiger partial charge in [0.2, 0.25) is 0 Å². The number of anilines is 2. The zero-order chi connectivity index (χ0) is 30.1. The van der Waals surface area contributed by atoms with Gasteiger partial charge >= 0.3 is 12.4 Å². The number of aryl methyl sites for hydroxylation is 1. The van der Waals surface area contributed by atoms with Crippen molar-refractivity contribution in [2.45, 2.75) is 83.3 Å². The fourth-order valence-corrected chi connectivity index (χ4v) is 5.90. The first-order chi connectivity index (χ1) is 19.9. The van der Waals surface area contributed by atoms with Crippen molar-refractivity contribution < 1.29 is 31.1 Å². The summed E-state index contributed by atoms with van der Waals surface area (Å²) in [4.78, 5) is 5.47. The van der Waals surface area contributed by atoms with Crippen LogP contribution in [-0.4, -0.2) is 30.2 Å². The Labute approximate surface area is 241 Å². The summed E-state index contributed by atoms with van der Waals surface area (Å²) >= 11 is 0. The van der Waals surface area contributed by atoms with Crippen LogP contribution in [0.4, 0.5) is 37.8 Å². The zero-order valence-corrected chi connectivity index (χ0v) is 23.4. The molecule has 3 atom stereocenters. The highest BCUT2D eigenvalue weighted by Gasteiger charge is 2.38. The van der Waals surface area contributed by atoms with E-state index in [4.69, 9.17) is 4.74 Å². The number of allylic oxidation sites excluding steroid dienone is 1. The molecule has 0 amide bonds. The number of hydrogen-bond acceptors (Lipinski definition) is 6. The minimum atomic E-state index is -4.67. The first kappa shape index (κ1) is 30.2. The zero-order valence-electron chi connectivity index (χ0n) is 23.4. The Bertz CT molecular complexity index is 1320. The number of hydrogen-bond donors (Lipinski definition) is 3. The van der Waals surface area contributed by atoms with E-state index >= 15 is 0 Å². The Hall–Kier alpha value is -3.25. The molecule has 3 N–H and O–H groups in total. The van der Waals surface area contributed by atoms with Gasteiger partial charge in [0.05, 0.1) is 17.2 Å². The second-order valence-electron chi connectivity index (χ2n) is 11.1. The summed E-state index contributed by atoms with van der Waals surface area (Å²) in [6.07, 6.45) is 0.233. The van der Waals surface area contributed by atoms with Crippen LogP contribution in [0.5, 0.6) is 0 Å². The molecule has 0 spiro atoms. The molecule has 1 aromatic heterocycles. The van der Waals surface area contributed by atoms with Crippen LogP contribution in [0.2, 0.25) is 0 Å². The first-order valence-electron chi connectivity index (χ1n) is 14.2. The monoisotopic (exact) mass is 595 g/mol. The van der Waals surface area contributed by atoms with E-state index in [1.54, 1.807) is 6.08 Å². The number of pyridine rings is 1. The van der Waals surface area contributed by atoms with Crippen LogP contribution < -0.4 is 20.9 Å². The summed E-state index contributed by atoms with van der Waals surface area (Å²) in [5.41, 5.74) is 0.571. The van der Waals surface area contributed by atoms with E-state index in [9.17, 15) is 26.3 Å². The number of aromatic nitrogens is 1. The molecule has 228 valence electrons. The van der Waals surface area contributed by atoms with Crippen molar-refractivity contribution in [3.8, 4) is 0 Å². The van der Waals surface area contributed by atoms with Crippen molar-refractivity contribution in [3.63, 3.8) is 0 Å². The minimum Gasteiger partial charge on any atom is -0.364 e. The molecule has 6 nitrogen and oxygen atoms in total. The SMILES string of the molecule is Cc1cc(C(F)(F)F)ccc1NC1CC2=C(C=CN1c1ncccc1C(F)(F)F)NC(OC(C)C1CCCCC1)NC2. The van der Waals surface area contributed by atoms with Gasteiger partial charge in [0.15, 0.2) is 6.35 Å². The molecule has 0 bridgehead atoms. The molecule has 42 heavy (non-hydrogen) atoms. The molecule has 2 aromatic rings. The van der Waals surface area contributed by atoms with E-state index in [0.29, 0.717) is 23.7 Å². The number of alkyl halides is 6. The Morgan fingerprint density at radius 2 is 1.81 bits per heavy atom. The third-order valence-electron chi connectivity index (χ3n) is 8.22. The standard InChI is InChI=1S/C30H35F6N5O/c1-18-15-22(29(31,32)33)10-11-24(18)39-26-16-21-17-38-28(42-19(2)20-7-4-3-5-8-20)40-25(21)12-14-41(26)27-23(30(34,35)36)9-6-13-37-27/h6,9-15,19-20,26,28,38-40H,3-5,7-8,16-17H2,1-2H3. The molecule has 1 aromatic carbocycles. The van der Waals surface area contributed by atoms with Crippen LogP contribution in [0, 0.1) is 12.8 Å². The van der Waals surface area contributed by atoms with Gasteiger partial charge in [-0.25, -0.2) is 4.98 Å². The fraction of sp³-hybridized carbons (Fsp3) is 0.500. The molecule has 1 saturated carbocycles. The van der Waals surface area contributed by atoms with Gasteiger partial charge in [-0.15, -0.1) is 0 Å². The van der Waals surface area contributed by atoms with E-state index in [0.717, 1.165) is 42.3 Å². The van der Waals surface area contributed by atoms with Crippen molar-refractivity contribution in [2.24, 2.45) is 5.92 Å². The van der Waals surface area contributed by atoms with E-state index in [2.05, 4.69) is 27.9 Å². The van der Waals surface area contributed by atoms with Crippen LogP contribution >= 0.6 is 0 Å². The topological polar surface area (TPSA) is 61.5 Å². The van der Waals surface area contributed by atoms with Gasteiger partial charge < -0.3 is 20.3 Å². The van der Waals surface area contributed by atoms with Crippen LogP contribution in [0.25, 0.3) is 0 Å². The molecule has 3 heterocycles. The Morgan fingerprint density at radius 1 is 1.05 bits per heavy atom. The maximum atomic E-state index is 14.0. The molecule has 0 radical (unpaired) electrons. The predicted molar refractivity (Wildman–Crippen MR) is 148 cm³/mol. The second-order valence-corrected chi connectivity index (χ2v) is 11.1. The van der Waals surface area contributed by atoms with Crippen molar-refractivity contribution in [1.29, 1.82) is 0 Å². The molecule has 0 saturated heterocycles. The molecule has 5 rings (SSSR count). The Balaban J connectivity index is 1.43. The molecule has 2 aliphatic heterocycles. The van der Waals surface area contributed by atoms with Gasteiger partial charge in [0, 0.05) is 36.7 Å². The summed E-state index contributed by atoms with van der Waals surface area (Å²) in [7, 11) is 0. The maximum absolute atomic E-state index is 14.0. The highest BCUT2D eigenvalue weighted by Crippen LogP contribution is 2.38. The third kappa shape index (κ3) is 6.86. The van der Waals surface area contributed by atoms with Crippen LogP contribution in [0.15, 0.2) is 60.1 Å². The molecule has 3 unspecified atom stereocenters. The highest BCUT2D eigenvalue weighted by atomic mass is 19.4. The number of halogens is 6. The summed E-state index contributed by atoms with van der Waals surface area (Å²) < 4.78 is 88.2. The lowest BCUT2D eigenvalue weighted by Gasteiger charge is -2.36. The summed E-state index contributed by atoms with van der Waals surface area (Å²) in [5, 5.41) is 9.87. The van der Waals surface area contributed by atoms with Gasteiger partial charge in [-0.05, 0) is 80.2 Å². The average Bonchev–Trinajstić information content (AvgIpc) is 3.12. The normalized spacial score (nSPS) is 22.8. The Kier molecular flexibility index (Phi) is 8.75. The first-order valence-corrected chi connectivity index (χ1v) is 14.2. The minimum absolute atomic E-state index is 0.0311. The van der Waals surface area contributed by atoms with E-state index < -0.39 is 36.0 Å². The Morgan fingerprint density at radius 3 is 2.50 bits per heavy atom. The highest BCUT2D eigenvalue weighted by molar-refractivity contribution is 5.59. The number of ether oxygens (including phenoxy) is 1. The van der Waals surface area contributed by atoms with Crippen molar-refractivity contribution in [2.75, 3.05) is 16.8 Å². The molecule has 12 heteroatoms. The van der Waals surface area contributed by atoms with Crippen LogP contribution in [-0.2, 0) is 17.1 Å². The lowest BCUT2D eigenvalue weighted by atomic mass is 9.86. The summed E-state index contributed by atoms with van der Waals surface area (Å²) in [5.74, 6) is 0.165. The molecule has 1 fully saturated rings. The molecule has 3 aliphatic rings. The van der Waals surface area contributed by atoms with E-state index in [-0.39, 0.29) is 18.3 Å². The number of nitrogens with zero attached hydrogens (tertiary/aromatic N) is 2. The smallest absolute Gasteiger partial charge is 0.364 e. The molecular formula is C30H35F6N5O. The predicted octanol–water partition coefficient (Wildman–Crippen LogP) is 7.31. The third-order valence-corrected chi connectivity index (χ3v) is 8.22. The molecular weight excluding hydrogens is 560 g/mol. The van der Waals surface area contributed by atoms with Crippen molar-refractivity contribution in [3.05, 3.63) is 76.8 Å². The van der Waals surface area contributed by atoms with E-state index in [1.165, 1.54) is 55.6 Å². The number of rotatable bonds is 6. The average molecular weight is 596 g/mol. The summed E-state index contributed by atoms with van der Waals surface area (Å²) in [6.45, 7) is 4.02. The maximum Gasteiger partial charge on any atom is 0.419 e. The summed E-state index contributed by atoms with van der Waals surface area (Å²) in [6, 6.07) is 5.46. The largest absolute Gasteiger partial charge is 0.419 e. The van der Waals surface area contributed by atoms with E-state index in [1.807, 2.05) is 0 Å². The second kappa shape index (κ2) is 12.2. The van der Waals surface area contributed by atoms with Gasteiger partial charge in [-0.2, -0.15) is 26.3 Å². The fourth-order valence-electron chi connectivity index (χ4n) is 5.90. The van der Waals surface area contributed by atoms with Gasteiger partial charge in [-0.1, -0.05) is 19.3 Å². The lowest BCUT2D eigenvalue weighted by Crippen LogP contribution is -2.51. The van der Waals surface area contributed by atoms with Crippen LogP contribution in [0.3, 0.4) is 0 Å². The molecule has 1 aliphatic carbocycles. The number of nitrogens with one attached hydrogen (secondary N) is 3.